The summed E-state index contributed by atoms with van der Waals surface area (Å²) in [5.74, 6) is -0.836. The van der Waals surface area contributed by atoms with Gasteiger partial charge in [0, 0.05) is 37.3 Å². The number of hydrogen-bond acceptors (Lipinski definition) is 2. The van der Waals surface area contributed by atoms with Crippen LogP contribution in [0.2, 0.25) is 0 Å². The maximum Gasteiger partial charge on any atom is 0.317 e. The van der Waals surface area contributed by atoms with Gasteiger partial charge in [0.05, 0.1) is 6.54 Å². The smallest absolute Gasteiger partial charge is 0.317 e. The van der Waals surface area contributed by atoms with E-state index in [2.05, 4.69) is 28.1 Å². The molecule has 1 aliphatic heterocycles. The summed E-state index contributed by atoms with van der Waals surface area (Å²) in [7, 11) is 0. The standard InChI is InChI=1S/C16H19N3O3/c20-15(21)6-3-7-17-16(22)18-8-9-19-13(11-18)10-12-4-1-2-5-14(12)19/h1-2,4-5,10H,3,6-9,11H2,(H,17,22)(H,20,21). The van der Waals surface area contributed by atoms with E-state index >= 15 is 0 Å². The molecule has 0 spiro atoms. The van der Waals surface area contributed by atoms with E-state index in [0.29, 0.717) is 26.1 Å². The summed E-state index contributed by atoms with van der Waals surface area (Å²) in [6.07, 6.45) is 0.531. The molecule has 6 nitrogen and oxygen atoms in total. The number of fused-ring (bicyclic) bond motifs is 3. The van der Waals surface area contributed by atoms with Gasteiger partial charge in [0.15, 0.2) is 0 Å². The molecule has 1 aromatic carbocycles. The average molecular weight is 301 g/mol. The van der Waals surface area contributed by atoms with Crippen LogP contribution in [0.5, 0.6) is 0 Å². The Morgan fingerprint density at radius 1 is 1.23 bits per heavy atom. The number of benzene rings is 1. The molecule has 2 heterocycles. The van der Waals surface area contributed by atoms with Gasteiger partial charge in [0.2, 0.25) is 0 Å². The lowest BCUT2D eigenvalue weighted by molar-refractivity contribution is -0.137. The first-order valence-electron chi connectivity index (χ1n) is 7.47. The number of carbonyl (C=O) groups is 2. The fourth-order valence-electron chi connectivity index (χ4n) is 2.88. The van der Waals surface area contributed by atoms with Gasteiger partial charge in [-0.3, -0.25) is 4.79 Å². The highest BCUT2D eigenvalue weighted by atomic mass is 16.4. The topological polar surface area (TPSA) is 74.6 Å². The van der Waals surface area contributed by atoms with Gasteiger partial charge in [-0.2, -0.15) is 0 Å². The maximum atomic E-state index is 12.1. The van der Waals surface area contributed by atoms with Crippen molar-refractivity contribution in [3.63, 3.8) is 0 Å². The molecule has 1 aromatic heterocycles. The molecule has 6 heteroatoms. The summed E-state index contributed by atoms with van der Waals surface area (Å²) in [5, 5.41) is 12.6. The number of aliphatic carboxylic acids is 1. The second-order valence-electron chi connectivity index (χ2n) is 5.50. The van der Waals surface area contributed by atoms with Gasteiger partial charge in [0.25, 0.3) is 0 Å². The monoisotopic (exact) mass is 301 g/mol. The van der Waals surface area contributed by atoms with Gasteiger partial charge >= 0.3 is 12.0 Å². The lowest BCUT2D eigenvalue weighted by Gasteiger charge is -2.29. The van der Waals surface area contributed by atoms with Crippen molar-refractivity contribution in [2.45, 2.75) is 25.9 Å². The fourth-order valence-corrected chi connectivity index (χ4v) is 2.88. The Morgan fingerprint density at radius 3 is 2.86 bits per heavy atom. The molecule has 0 unspecified atom stereocenters. The number of carboxylic acid groups (broad SMARTS) is 1. The van der Waals surface area contributed by atoms with E-state index < -0.39 is 5.97 Å². The minimum Gasteiger partial charge on any atom is -0.481 e. The molecule has 1 aliphatic rings. The van der Waals surface area contributed by atoms with E-state index in [1.165, 1.54) is 10.9 Å². The van der Waals surface area contributed by atoms with Gasteiger partial charge in [-0.05, 0) is 23.9 Å². The molecule has 2 N–H and O–H groups in total. The van der Waals surface area contributed by atoms with Crippen LogP contribution in [-0.2, 0) is 17.9 Å². The number of urea groups is 1. The SMILES string of the molecule is O=C(O)CCCNC(=O)N1CCn2c(cc3ccccc32)C1. The fraction of sp³-hybridized carbons (Fsp3) is 0.375. The Hall–Kier alpha value is -2.50. The number of rotatable bonds is 4. The van der Waals surface area contributed by atoms with Gasteiger partial charge in [-0.25, -0.2) is 4.79 Å². The molecule has 0 saturated carbocycles. The summed E-state index contributed by atoms with van der Waals surface area (Å²) in [6, 6.07) is 10.2. The lowest BCUT2D eigenvalue weighted by atomic mass is 10.2. The number of para-hydroxylation sites is 1. The Morgan fingerprint density at radius 2 is 2.05 bits per heavy atom. The Kier molecular flexibility index (Phi) is 4.00. The van der Waals surface area contributed by atoms with E-state index in [9.17, 15) is 9.59 Å². The Bertz CT molecular complexity index is 708. The summed E-state index contributed by atoms with van der Waals surface area (Å²) in [6.45, 7) is 2.42. The number of nitrogens with zero attached hydrogens (tertiary/aromatic N) is 2. The molecule has 0 aliphatic carbocycles. The third-order valence-corrected chi connectivity index (χ3v) is 3.97. The Labute approximate surface area is 128 Å². The van der Waals surface area contributed by atoms with Crippen LogP contribution in [0.25, 0.3) is 10.9 Å². The zero-order valence-corrected chi connectivity index (χ0v) is 12.3. The minimum absolute atomic E-state index is 0.0779. The number of carboxylic acids is 1. The highest BCUT2D eigenvalue weighted by Crippen LogP contribution is 2.23. The van der Waals surface area contributed by atoms with Crippen molar-refractivity contribution in [2.24, 2.45) is 0 Å². The average Bonchev–Trinajstić information content (AvgIpc) is 2.88. The predicted molar refractivity (Wildman–Crippen MR) is 82.6 cm³/mol. The van der Waals surface area contributed by atoms with E-state index in [0.717, 1.165) is 12.2 Å². The van der Waals surface area contributed by atoms with Crippen LogP contribution in [0.1, 0.15) is 18.5 Å². The first-order valence-corrected chi connectivity index (χ1v) is 7.47. The highest BCUT2D eigenvalue weighted by Gasteiger charge is 2.21. The van der Waals surface area contributed by atoms with Crippen LogP contribution in [-0.4, -0.2) is 39.7 Å². The largest absolute Gasteiger partial charge is 0.481 e. The van der Waals surface area contributed by atoms with Crippen molar-refractivity contribution >= 4 is 22.9 Å². The van der Waals surface area contributed by atoms with Crippen LogP contribution in [0.15, 0.2) is 30.3 Å². The summed E-state index contributed by atoms with van der Waals surface area (Å²) < 4.78 is 2.25. The summed E-state index contributed by atoms with van der Waals surface area (Å²) >= 11 is 0. The second kappa shape index (κ2) is 6.09. The zero-order valence-electron chi connectivity index (χ0n) is 12.3. The third kappa shape index (κ3) is 2.90. The van der Waals surface area contributed by atoms with E-state index in [1.807, 2.05) is 12.1 Å². The van der Waals surface area contributed by atoms with Gasteiger partial charge < -0.3 is 19.9 Å². The van der Waals surface area contributed by atoms with Crippen molar-refractivity contribution in [1.29, 1.82) is 0 Å². The normalized spacial score (nSPS) is 13.9. The number of aromatic nitrogens is 1. The van der Waals surface area contributed by atoms with Gasteiger partial charge in [-0.1, -0.05) is 18.2 Å². The van der Waals surface area contributed by atoms with Crippen LogP contribution in [0.3, 0.4) is 0 Å². The van der Waals surface area contributed by atoms with Crippen molar-refractivity contribution in [1.82, 2.24) is 14.8 Å². The number of carbonyl (C=O) groups excluding carboxylic acids is 1. The third-order valence-electron chi connectivity index (χ3n) is 3.97. The van der Waals surface area contributed by atoms with Crippen molar-refractivity contribution < 1.29 is 14.7 Å². The molecular weight excluding hydrogens is 282 g/mol. The lowest BCUT2D eigenvalue weighted by Crippen LogP contribution is -2.44. The van der Waals surface area contributed by atoms with Gasteiger partial charge in [0.1, 0.15) is 0 Å². The summed E-state index contributed by atoms with van der Waals surface area (Å²) in [4.78, 5) is 24.3. The molecule has 0 saturated heterocycles. The molecule has 0 fully saturated rings. The van der Waals surface area contributed by atoms with Crippen LogP contribution >= 0.6 is 0 Å². The molecular formula is C16H19N3O3. The highest BCUT2D eigenvalue weighted by molar-refractivity contribution is 5.82. The first kappa shape index (κ1) is 14.4. The molecule has 3 rings (SSSR count). The van der Waals surface area contributed by atoms with E-state index in [4.69, 9.17) is 5.11 Å². The molecule has 116 valence electrons. The first-order chi connectivity index (χ1) is 10.6. The van der Waals surface area contributed by atoms with Crippen molar-refractivity contribution in [2.75, 3.05) is 13.1 Å². The zero-order chi connectivity index (χ0) is 15.5. The van der Waals surface area contributed by atoms with Crippen LogP contribution < -0.4 is 5.32 Å². The second-order valence-corrected chi connectivity index (χ2v) is 5.50. The minimum atomic E-state index is -0.836. The number of nitrogens with one attached hydrogen (secondary N) is 1. The number of hydrogen-bond donors (Lipinski definition) is 2. The van der Waals surface area contributed by atoms with Crippen molar-refractivity contribution in [3.8, 4) is 0 Å². The molecule has 2 aromatic rings. The van der Waals surface area contributed by atoms with Crippen LogP contribution in [0, 0.1) is 0 Å². The Balaban J connectivity index is 1.61. The molecule has 2 amide bonds. The quantitative estimate of drug-likeness (QED) is 0.849. The van der Waals surface area contributed by atoms with Crippen LogP contribution in [0.4, 0.5) is 4.79 Å². The number of amides is 2. The molecule has 0 bridgehead atoms. The molecule has 0 radical (unpaired) electrons. The van der Waals surface area contributed by atoms with E-state index in [-0.39, 0.29) is 12.5 Å². The maximum absolute atomic E-state index is 12.1. The molecule has 0 atom stereocenters. The molecule has 22 heavy (non-hydrogen) atoms. The predicted octanol–water partition coefficient (Wildman–Crippen LogP) is 2.03. The van der Waals surface area contributed by atoms with Crippen molar-refractivity contribution in [3.05, 3.63) is 36.0 Å². The van der Waals surface area contributed by atoms with Gasteiger partial charge in [-0.15, -0.1) is 0 Å². The summed E-state index contributed by atoms with van der Waals surface area (Å²) in [5.41, 5.74) is 2.34. The van der Waals surface area contributed by atoms with E-state index in [1.54, 1.807) is 4.90 Å².